The number of aryl methyl sites for hydroxylation is 1. The smallest absolute Gasteiger partial charge is 0.161 e. The second-order valence-corrected chi connectivity index (χ2v) is 5.52. The first kappa shape index (κ1) is 14.8. The van der Waals surface area contributed by atoms with E-state index >= 15 is 0 Å². The molecule has 0 aliphatic rings. The van der Waals surface area contributed by atoms with Gasteiger partial charge in [0.15, 0.2) is 4.32 Å². The Morgan fingerprint density at radius 3 is 2.50 bits per heavy atom. The number of halogens is 1. The Morgan fingerprint density at radius 1 is 1.25 bits per heavy atom. The zero-order valence-corrected chi connectivity index (χ0v) is 12.9. The van der Waals surface area contributed by atoms with Crippen molar-refractivity contribution in [1.29, 1.82) is 0 Å². The van der Waals surface area contributed by atoms with Crippen LogP contribution < -0.4 is 0 Å². The van der Waals surface area contributed by atoms with Crippen LogP contribution in [0.15, 0.2) is 34.5 Å². The van der Waals surface area contributed by atoms with Crippen LogP contribution >= 0.6 is 24.0 Å². The summed E-state index contributed by atoms with van der Waals surface area (Å²) >= 11 is 6.67. The van der Waals surface area contributed by atoms with Crippen LogP contribution in [0.5, 0.6) is 0 Å². The predicted molar refractivity (Wildman–Crippen MR) is 83.8 cm³/mol. The minimum Gasteiger partial charge on any atom is -0.218 e. The van der Waals surface area contributed by atoms with E-state index in [0.717, 1.165) is 11.4 Å². The Morgan fingerprint density at radius 2 is 1.90 bits per heavy atom. The SMILES string of the molecule is CSC(=S)n1nc(C)c(N=Nc2ccc(F)cc2)c1C. The van der Waals surface area contributed by atoms with Gasteiger partial charge in [-0.15, -0.1) is 5.11 Å². The van der Waals surface area contributed by atoms with Crippen LogP contribution in [0.4, 0.5) is 15.8 Å². The molecule has 1 aromatic heterocycles. The molecule has 0 saturated carbocycles. The molecule has 0 aliphatic heterocycles. The summed E-state index contributed by atoms with van der Waals surface area (Å²) < 4.78 is 15.1. The minimum absolute atomic E-state index is 0.297. The minimum atomic E-state index is -0.297. The number of nitrogens with zero attached hydrogens (tertiary/aromatic N) is 4. The number of hydrogen-bond donors (Lipinski definition) is 0. The van der Waals surface area contributed by atoms with E-state index in [0.29, 0.717) is 15.7 Å². The summed E-state index contributed by atoms with van der Waals surface area (Å²) in [7, 11) is 0. The Kier molecular flexibility index (Phi) is 4.61. The summed E-state index contributed by atoms with van der Waals surface area (Å²) in [6.07, 6.45) is 1.90. The first-order valence-electron chi connectivity index (χ1n) is 5.84. The van der Waals surface area contributed by atoms with Gasteiger partial charge in [-0.2, -0.15) is 10.2 Å². The van der Waals surface area contributed by atoms with Gasteiger partial charge in [-0.05, 0) is 44.4 Å². The van der Waals surface area contributed by atoms with Crippen LogP contribution in [0.1, 0.15) is 11.4 Å². The predicted octanol–water partition coefficient (Wildman–Crippen LogP) is 4.55. The lowest BCUT2D eigenvalue weighted by Crippen LogP contribution is -2.07. The molecule has 7 heteroatoms. The van der Waals surface area contributed by atoms with Crippen LogP contribution in [0, 0.1) is 19.7 Å². The van der Waals surface area contributed by atoms with E-state index in [1.807, 2.05) is 20.1 Å². The van der Waals surface area contributed by atoms with Crippen molar-refractivity contribution in [3.05, 3.63) is 41.5 Å². The van der Waals surface area contributed by atoms with Gasteiger partial charge < -0.3 is 0 Å². The molecule has 0 atom stereocenters. The topological polar surface area (TPSA) is 42.5 Å². The molecule has 0 N–H and O–H groups in total. The first-order chi connectivity index (χ1) is 9.52. The normalized spacial score (nSPS) is 11.2. The van der Waals surface area contributed by atoms with Gasteiger partial charge in [0, 0.05) is 0 Å². The molecule has 0 radical (unpaired) electrons. The zero-order chi connectivity index (χ0) is 14.7. The largest absolute Gasteiger partial charge is 0.218 e. The van der Waals surface area contributed by atoms with Gasteiger partial charge >= 0.3 is 0 Å². The summed E-state index contributed by atoms with van der Waals surface area (Å²) in [5, 5.41) is 12.6. The van der Waals surface area contributed by atoms with Gasteiger partial charge in [0.25, 0.3) is 0 Å². The fourth-order valence-corrected chi connectivity index (χ4v) is 2.19. The number of thiocarbonyl (C=S) groups is 1. The van der Waals surface area contributed by atoms with Crippen molar-refractivity contribution in [2.75, 3.05) is 6.26 Å². The molecule has 0 amide bonds. The zero-order valence-electron chi connectivity index (χ0n) is 11.3. The molecule has 0 fully saturated rings. The molecular formula is C13H13FN4S2. The van der Waals surface area contributed by atoms with Crippen LogP contribution in [0.2, 0.25) is 0 Å². The number of aromatic nitrogens is 2. The van der Waals surface area contributed by atoms with Gasteiger partial charge in [0.1, 0.15) is 11.5 Å². The molecule has 0 aliphatic carbocycles. The van der Waals surface area contributed by atoms with Crippen molar-refractivity contribution in [1.82, 2.24) is 9.78 Å². The van der Waals surface area contributed by atoms with E-state index in [1.54, 1.807) is 16.8 Å². The number of thioether (sulfide) groups is 1. The molecule has 20 heavy (non-hydrogen) atoms. The fourth-order valence-electron chi connectivity index (χ4n) is 1.66. The van der Waals surface area contributed by atoms with E-state index in [-0.39, 0.29) is 5.82 Å². The number of rotatable bonds is 2. The van der Waals surface area contributed by atoms with Gasteiger partial charge in [0.2, 0.25) is 0 Å². The van der Waals surface area contributed by atoms with Crippen molar-refractivity contribution < 1.29 is 4.39 Å². The highest BCUT2D eigenvalue weighted by Crippen LogP contribution is 2.26. The summed E-state index contributed by atoms with van der Waals surface area (Å²) in [5.74, 6) is -0.297. The lowest BCUT2D eigenvalue weighted by atomic mass is 10.3. The van der Waals surface area contributed by atoms with Gasteiger partial charge in [-0.3, -0.25) is 0 Å². The maximum absolute atomic E-state index is 12.8. The maximum Gasteiger partial charge on any atom is 0.161 e. The third kappa shape index (κ3) is 3.10. The van der Waals surface area contributed by atoms with Crippen molar-refractivity contribution in [2.24, 2.45) is 10.2 Å². The van der Waals surface area contributed by atoms with Gasteiger partial charge in [-0.1, -0.05) is 24.0 Å². The third-order valence-corrected chi connectivity index (χ3v) is 3.89. The monoisotopic (exact) mass is 308 g/mol. The molecule has 4 nitrogen and oxygen atoms in total. The molecule has 1 aromatic carbocycles. The summed E-state index contributed by atoms with van der Waals surface area (Å²) in [6, 6.07) is 5.83. The van der Waals surface area contributed by atoms with E-state index in [1.165, 1.54) is 23.9 Å². The highest BCUT2D eigenvalue weighted by atomic mass is 32.2. The summed E-state index contributed by atoms with van der Waals surface area (Å²) in [5.41, 5.74) is 2.87. The summed E-state index contributed by atoms with van der Waals surface area (Å²) in [6.45, 7) is 3.74. The molecule has 1 heterocycles. The highest BCUT2D eigenvalue weighted by Gasteiger charge is 2.13. The molecule has 2 rings (SSSR count). The second kappa shape index (κ2) is 6.23. The fraction of sp³-hybridized carbons (Fsp3) is 0.231. The maximum atomic E-state index is 12.8. The number of hydrogen-bond acceptors (Lipinski definition) is 5. The molecule has 0 bridgehead atoms. The molecule has 0 unspecified atom stereocenters. The molecular weight excluding hydrogens is 295 g/mol. The van der Waals surface area contributed by atoms with E-state index in [9.17, 15) is 4.39 Å². The molecule has 0 saturated heterocycles. The number of benzene rings is 1. The second-order valence-electron chi connectivity index (χ2n) is 4.08. The standard InChI is InChI=1S/C13H13FN4S2/c1-8-12(9(2)18(17-8)13(19)20-3)16-15-11-6-4-10(14)5-7-11/h4-7H,1-3H3. The Hall–Kier alpha value is -1.60. The average molecular weight is 308 g/mol. The Labute approximate surface area is 126 Å². The summed E-state index contributed by atoms with van der Waals surface area (Å²) in [4.78, 5) is 0. The third-order valence-electron chi connectivity index (χ3n) is 2.69. The Bertz CT molecular complexity index is 662. The van der Waals surface area contributed by atoms with Crippen molar-refractivity contribution in [2.45, 2.75) is 13.8 Å². The highest BCUT2D eigenvalue weighted by molar-refractivity contribution is 8.22. The van der Waals surface area contributed by atoms with Crippen LogP contribution in [0.3, 0.4) is 0 Å². The average Bonchev–Trinajstić information content (AvgIpc) is 2.73. The van der Waals surface area contributed by atoms with Crippen LogP contribution in [-0.2, 0) is 0 Å². The molecule has 0 spiro atoms. The number of azo groups is 1. The van der Waals surface area contributed by atoms with Crippen LogP contribution in [-0.4, -0.2) is 20.4 Å². The molecule has 104 valence electrons. The first-order valence-corrected chi connectivity index (χ1v) is 7.48. The van der Waals surface area contributed by atoms with E-state index in [4.69, 9.17) is 12.2 Å². The van der Waals surface area contributed by atoms with E-state index < -0.39 is 0 Å². The Balaban J connectivity index is 2.32. The van der Waals surface area contributed by atoms with Gasteiger partial charge in [0.05, 0.1) is 17.1 Å². The van der Waals surface area contributed by atoms with E-state index in [2.05, 4.69) is 15.3 Å². The van der Waals surface area contributed by atoms with Gasteiger partial charge in [-0.25, -0.2) is 9.07 Å². The quantitative estimate of drug-likeness (QED) is 0.604. The van der Waals surface area contributed by atoms with Crippen molar-refractivity contribution in [3.63, 3.8) is 0 Å². The molecule has 2 aromatic rings. The lowest BCUT2D eigenvalue weighted by molar-refractivity contribution is 0.628. The lowest BCUT2D eigenvalue weighted by Gasteiger charge is -2.01. The van der Waals surface area contributed by atoms with Crippen molar-refractivity contribution in [3.8, 4) is 0 Å². The van der Waals surface area contributed by atoms with Crippen LogP contribution in [0.25, 0.3) is 0 Å². The van der Waals surface area contributed by atoms with Crippen molar-refractivity contribution >= 4 is 39.7 Å².